The van der Waals surface area contributed by atoms with Gasteiger partial charge in [-0.15, -0.1) is 0 Å². The molecule has 2 aromatic rings. The maximum absolute atomic E-state index is 12.9. The van der Waals surface area contributed by atoms with Gasteiger partial charge in [0, 0.05) is 20.1 Å². The monoisotopic (exact) mass is 342 g/mol. The number of aromatic nitrogens is 1. The van der Waals surface area contributed by atoms with Gasteiger partial charge in [0.2, 0.25) is 5.89 Å². The summed E-state index contributed by atoms with van der Waals surface area (Å²) in [4.78, 5) is 19.2. The maximum Gasteiger partial charge on any atom is 0.254 e. The van der Waals surface area contributed by atoms with Gasteiger partial charge in [0.15, 0.2) is 0 Å². The van der Waals surface area contributed by atoms with Crippen LogP contribution in [0.1, 0.15) is 56.4 Å². The number of likely N-dealkylation sites (tertiary alicyclic amines) is 1. The highest BCUT2D eigenvalue weighted by molar-refractivity contribution is 5.84. The van der Waals surface area contributed by atoms with Crippen molar-refractivity contribution in [2.45, 2.75) is 51.2 Å². The molecule has 1 fully saturated rings. The van der Waals surface area contributed by atoms with Crippen LogP contribution in [0.25, 0.3) is 0 Å². The number of carbonyl (C=O) groups excluding carboxylic acids is 1. The number of oxazole rings is 1. The van der Waals surface area contributed by atoms with Crippen LogP contribution in [0.15, 0.2) is 40.9 Å². The summed E-state index contributed by atoms with van der Waals surface area (Å²) >= 11 is 0. The Labute approximate surface area is 149 Å². The number of carbonyl (C=O) groups is 1. The van der Waals surface area contributed by atoms with Crippen molar-refractivity contribution >= 4 is 5.91 Å². The van der Waals surface area contributed by atoms with Crippen LogP contribution in [0, 0.1) is 0 Å². The maximum atomic E-state index is 12.9. The van der Waals surface area contributed by atoms with Gasteiger partial charge in [-0.1, -0.05) is 30.3 Å². The zero-order valence-corrected chi connectivity index (χ0v) is 15.2. The first-order chi connectivity index (χ1) is 12.0. The Bertz CT molecular complexity index is 709. The first-order valence-corrected chi connectivity index (χ1v) is 8.86. The molecule has 1 saturated heterocycles. The molecule has 3 rings (SSSR count). The Morgan fingerprint density at radius 2 is 2.08 bits per heavy atom. The van der Waals surface area contributed by atoms with Gasteiger partial charge in [0.05, 0.1) is 6.20 Å². The minimum Gasteiger partial charge on any atom is -0.443 e. The number of benzene rings is 1. The van der Waals surface area contributed by atoms with E-state index in [1.54, 1.807) is 27.2 Å². The van der Waals surface area contributed by atoms with Gasteiger partial charge in [0.1, 0.15) is 17.4 Å². The van der Waals surface area contributed by atoms with Crippen LogP contribution in [0.3, 0.4) is 0 Å². The minimum atomic E-state index is -0.838. The van der Waals surface area contributed by atoms with Gasteiger partial charge in [-0.05, 0) is 38.7 Å². The second-order valence-corrected chi connectivity index (χ2v) is 7.05. The fourth-order valence-electron chi connectivity index (χ4n) is 3.22. The van der Waals surface area contributed by atoms with Crippen LogP contribution in [0.5, 0.6) is 0 Å². The SMILES string of the molecule is COC(C)(C)C(=O)N1CCCC[C@@H]1c1ncc(Cc2ccccc2)o1. The average molecular weight is 342 g/mol. The van der Waals surface area contributed by atoms with Gasteiger partial charge in [-0.2, -0.15) is 0 Å². The van der Waals surface area contributed by atoms with Crippen molar-refractivity contribution in [1.82, 2.24) is 9.88 Å². The summed E-state index contributed by atoms with van der Waals surface area (Å²) in [7, 11) is 1.57. The van der Waals surface area contributed by atoms with Crippen molar-refractivity contribution in [2.75, 3.05) is 13.7 Å². The van der Waals surface area contributed by atoms with E-state index in [-0.39, 0.29) is 11.9 Å². The lowest BCUT2D eigenvalue weighted by molar-refractivity contribution is -0.155. The third kappa shape index (κ3) is 3.93. The quantitative estimate of drug-likeness (QED) is 0.830. The van der Waals surface area contributed by atoms with Gasteiger partial charge >= 0.3 is 0 Å². The molecule has 1 amide bonds. The molecule has 1 aromatic carbocycles. The normalized spacial score (nSPS) is 18.4. The van der Waals surface area contributed by atoms with Crippen LogP contribution >= 0.6 is 0 Å². The lowest BCUT2D eigenvalue weighted by atomic mass is 9.98. The predicted octanol–water partition coefficient (Wildman–Crippen LogP) is 3.74. The van der Waals surface area contributed by atoms with E-state index >= 15 is 0 Å². The number of rotatable bonds is 5. The van der Waals surface area contributed by atoms with Gasteiger partial charge in [0.25, 0.3) is 5.91 Å². The molecule has 0 bridgehead atoms. The van der Waals surface area contributed by atoms with Crippen LogP contribution in [0.4, 0.5) is 0 Å². The van der Waals surface area contributed by atoms with Crippen molar-refractivity contribution in [3.05, 3.63) is 53.7 Å². The molecule has 0 radical (unpaired) electrons. The molecular formula is C20H26N2O3. The van der Waals surface area contributed by atoms with Crippen LogP contribution < -0.4 is 0 Å². The van der Waals surface area contributed by atoms with Crippen molar-refractivity contribution < 1.29 is 13.9 Å². The lowest BCUT2D eigenvalue weighted by Gasteiger charge is -2.38. The third-order valence-corrected chi connectivity index (χ3v) is 4.87. The first-order valence-electron chi connectivity index (χ1n) is 8.86. The standard InChI is InChI=1S/C20H26N2O3/c1-20(2,24-3)19(23)22-12-8-7-11-17(22)18-21-14-16(25-18)13-15-9-5-4-6-10-15/h4-6,9-10,14,17H,7-8,11-13H2,1-3H3/t17-/m1/s1. The highest BCUT2D eigenvalue weighted by atomic mass is 16.5. The number of methoxy groups -OCH3 is 1. The van der Waals surface area contributed by atoms with E-state index in [9.17, 15) is 4.79 Å². The Morgan fingerprint density at radius 3 is 2.80 bits per heavy atom. The average Bonchev–Trinajstić information content (AvgIpc) is 3.10. The fraction of sp³-hybridized carbons (Fsp3) is 0.500. The molecule has 5 nitrogen and oxygen atoms in total. The topological polar surface area (TPSA) is 55.6 Å². The second kappa shape index (κ2) is 7.40. The summed E-state index contributed by atoms with van der Waals surface area (Å²) in [6, 6.07) is 10.1. The number of ether oxygens (including phenoxy) is 1. The number of piperidine rings is 1. The largest absolute Gasteiger partial charge is 0.443 e. The summed E-state index contributed by atoms with van der Waals surface area (Å²) < 4.78 is 11.4. The summed E-state index contributed by atoms with van der Waals surface area (Å²) in [5, 5.41) is 0. The summed E-state index contributed by atoms with van der Waals surface area (Å²) in [5.74, 6) is 1.44. The van der Waals surface area contributed by atoms with E-state index in [4.69, 9.17) is 9.15 Å². The van der Waals surface area contributed by atoms with E-state index in [0.717, 1.165) is 25.0 Å². The summed E-state index contributed by atoms with van der Waals surface area (Å²) in [6.07, 6.45) is 5.42. The molecule has 1 aromatic heterocycles. The summed E-state index contributed by atoms with van der Waals surface area (Å²) in [6.45, 7) is 4.32. The highest BCUT2D eigenvalue weighted by Crippen LogP contribution is 2.33. The molecule has 5 heteroatoms. The van der Waals surface area contributed by atoms with E-state index in [0.29, 0.717) is 18.9 Å². The Balaban J connectivity index is 1.78. The van der Waals surface area contributed by atoms with Crippen LogP contribution in [0.2, 0.25) is 0 Å². The molecule has 0 saturated carbocycles. The van der Waals surface area contributed by atoms with E-state index < -0.39 is 5.60 Å². The van der Waals surface area contributed by atoms with Crippen molar-refractivity contribution in [3.8, 4) is 0 Å². The molecule has 2 heterocycles. The van der Waals surface area contributed by atoms with Crippen molar-refractivity contribution in [1.29, 1.82) is 0 Å². The predicted molar refractivity (Wildman–Crippen MR) is 95.1 cm³/mol. The first kappa shape index (κ1) is 17.7. The van der Waals surface area contributed by atoms with Gasteiger partial charge in [-0.25, -0.2) is 4.98 Å². The zero-order chi connectivity index (χ0) is 17.9. The number of amides is 1. The van der Waals surface area contributed by atoms with E-state index in [2.05, 4.69) is 17.1 Å². The molecule has 1 aliphatic rings. The molecule has 0 N–H and O–H groups in total. The Hall–Kier alpha value is -2.14. The Morgan fingerprint density at radius 1 is 1.32 bits per heavy atom. The molecule has 0 unspecified atom stereocenters. The molecule has 1 aliphatic heterocycles. The van der Waals surface area contributed by atoms with Gasteiger partial charge in [-0.3, -0.25) is 4.79 Å². The highest BCUT2D eigenvalue weighted by Gasteiger charge is 2.38. The number of hydrogen-bond donors (Lipinski definition) is 0. The lowest BCUT2D eigenvalue weighted by Crippen LogP contribution is -2.49. The molecule has 1 atom stereocenters. The Kier molecular flexibility index (Phi) is 5.23. The summed E-state index contributed by atoms with van der Waals surface area (Å²) in [5.41, 5.74) is 0.344. The molecule has 134 valence electrons. The molecule has 0 spiro atoms. The third-order valence-electron chi connectivity index (χ3n) is 4.87. The smallest absolute Gasteiger partial charge is 0.254 e. The van der Waals surface area contributed by atoms with Crippen molar-refractivity contribution in [3.63, 3.8) is 0 Å². The van der Waals surface area contributed by atoms with Crippen LogP contribution in [-0.4, -0.2) is 35.0 Å². The van der Waals surface area contributed by atoms with Gasteiger partial charge < -0.3 is 14.1 Å². The fourth-order valence-corrected chi connectivity index (χ4v) is 3.22. The molecular weight excluding hydrogens is 316 g/mol. The second-order valence-electron chi connectivity index (χ2n) is 7.05. The van der Waals surface area contributed by atoms with E-state index in [1.807, 2.05) is 23.1 Å². The van der Waals surface area contributed by atoms with Crippen LogP contribution in [-0.2, 0) is 16.0 Å². The number of hydrogen-bond acceptors (Lipinski definition) is 4. The molecule has 25 heavy (non-hydrogen) atoms. The number of nitrogens with zero attached hydrogens (tertiary/aromatic N) is 2. The van der Waals surface area contributed by atoms with E-state index in [1.165, 1.54) is 5.56 Å². The minimum absolute atomic E-state index is 0.0116. The zero-order valence-electron chi connectivity index (χ0n) is 15.2. The van der Waals surface area contributed by atoms with Crippen molar-refractivity contribution in [2.24, 2.45) is 0 Å². The molecule has 0 aliphatic carbocycles.